The van der Waals surface area contributed by atoms with Gasteiger partial charge in [-0.05, 0) is 12.1 Å². The van der Waals surface area contributed by atoms with Crippen LogP contribution in [0.25, 0.3) is 0 Å². The van der Waals surface area contributed by atoms with Crippen molar-refractivity contribution in [1.82, 2.24) is 0 Å². The number of para-hydroxylation sites is 1. The van der Waals surface area contributed by atoms with E-state index in [1.54, 1.807) is 24.3 Å². The van der Waals surface area contributed by atoms with Crippen molar-refractivity contribution in [3.63, 3.8) is 0 Å². The summed E-state index contributed by atoms with van der Waals surface area (Å²) in [5.74, 6) is -0.512. The van der Waals surface area contributed by atoms with Crippen molar-refractivity contribution >= 4 is 11.6 Å². The summed E-state index contributed by atoms with van der Waals surface area (Å²) in [6, 6.07) is 6.76. The van der Waals surface area contributed by atoms with Gasteiger partial charge in [-0.15, -0.1) is 0 Å². The maximum Gasteiger partial charge on any atom is 0.250 e. The Morgan fingerprint density at radius 2 is 2.15 bits per heavy atom. The summed E-state index contributed by atoms with van der Waals surface area (Å²) >= 11 is 0. The number of carbonyl (C=O) groups excluding carboxylic acids is 1. The average Bonchev–Trinajstić information content (AvgIpc) is 2.15. The lowest BCUT2D eigenvalue weighted by molar-refractivity contribution is 0.100. The minimum atomic E-state index is -0.512. The van der Waals surface area contributed by atoms with E-state index in [-0.39, 0.29) is 6.54 Å². The first kappa shape index (κ1) is 9.51. The molecular formula is C9H11FN2O. The number of primary amides is 1. The van der Waals surface area contributed by atoms with Gasteiger partial charge >= 0.3 is 0 Å². The topological polar surface area (TPSA) is 55.1 Å². The Morgan fingerprint density at radius 1 is 1.46 bits per heavy atom. The highest BCUT2D eigenvalue weighted by atomic mass is 19.1. The second-order valence-electron chi connectivity index (χ2n) is 2.53. The van der Waals surface area contributed by atoms with Crippen LogP contribution in [-0.4, -0.2) is 19.1 Å². The quantitative estimate of drug-likeness (QED) is 0.734. The zero-order valence-corrected chi connectivity index (χ0v) is 7.09. The highest BCUT2D eigenvalue weighted by molar-refractivity contribution is 5.98. The second kappa shape index (κ2) is 4.45. The van der Waals surface area contributed by atoms with Crippen molar-refractivity contribution in [1.29, 1.82) is 0 Å². The molecule has 0 atom stereocenters. The van der Waals surface area contributed by atoms with Crippen LogP contribution in [0.15, 0.2) is 24.3 Å². The molecule has 1 amide bonds. The molecule has 0 bridgehead atoms. The summed E-state index contributed by atoms with van der Waals surface area (Å²) in [4.78, 5) is 10.9. The molecule has 0 aliphatic heterocycles. The van der Waals surface area contributed by atoms with Crippen LogP contribution in [0, 0.1) is 0 Å². The van der Waals surface area contributed by atoms with Crippen molar-refractivity contribution in [2.24, 2.45) is 5.73 Å². The normalized spacial score (nSPS) is 9.62. The first-order valence-corrected chi connectivity index (χ1v) is 3.94. The molecule has 0 saturated carbocycles. The van der Waals surface area contributed by atoms with E-state index in [1.807, 2.05) is 0 Å². The molecule has 1 rings (SSSR count). The molecule has 1 aromatic rings. The van der Waals surface area contributed by atoms with Gasteiger partial charge in [-0.2, -0.15) is 0 Å². The Balaban J connectivity index is 2.84. The standard InChI is InChI=1S/C9H11FN2O/c10-5-6-12-8-4-2-1-3-7(8)9(11)13/h1-4,12H,5-6H2,(H2,11,13). The van der Waals surface area contributed by atoms with Gasteiger partial charge in [-0.25, -0.2) is 4.39 Å². The van der Waals surface area contributed by atoms with Crippen molar-refractivity contribution in [3.8, 4) is 0 Å². The van der Waals surface area contributed by atoms with Crippen molar-refractivity contribution in [3.05, 3.63) is 29.8 Å². The van der Waals surface area contributed by atoms with Crippen LogP contribution in [-0.2, 0) is 0 Å². The minimum Gasteiger partial charge on any atom is -0.382 e. The smallest absolute Gasteiger partial charge is 0.250 e. The molecule has 13 heavy (non-hydrogen) atoms. The maximum atomic E-state index is 11.8. The number of hydrogen-bond donors (Lipinski definition) is 2. The van der Waals surface area contributed by atoms with E-state index >= 15 is 0 Å². The fourth-order valence-electron chi connectivity index (χ4n) is 1.03. The van der Waals surface area contributed by atoms with Crippen molar-refractivity contribution < 1.29 is 9.18 Å². The molecule has 70 valence electrons. The monoisotopic (exact) mass is 182 g/mol. The van der Waals surface area contributed by atoms with E-state index in [0.717, 1.165) is 0 Å². The maximum absolute atomic E-state index is 11.8. The highest BCUT2D eigenvalue weighted by Gasteiger charge is 2.05. The van der Waals surface area contributed by atoms with Crippen LogP contribution in [0.3, 0.4) is 0 Å². The van der Waals surface area contributed by atoms with Gasteiger partial charge in [0.2, 0.25) is 0 Å². The molecule has 0 radical (unpaired) electrons. The van der Waals surface area contributed by atoms with Crippen LogP contribution in [0.4, 0.5) is 10.1 Å². The molecule has 1 aromatic carbocycles. The van der Waals surface area contributed by atoms with Crippen LogP contribution in [0.5, 0.6) is 0 Å². The molecular weight excluding hydrogens is 171 g/mol. The van der Waals surface area contributed by atoms with E-state index in [2.05, 4.69) is 5.32 Å². The number of halogens is 1. The van der Waals surface area contributed by atoms with E-state index in [4.69, 9.17) is 5.73 Å². The molecule has 4 heteroatoms. The number of carbonyl (C=O) groups is 1. The fourth-order valence-corrected chi connectivity index (χ4v) is 1.03. The highest BCUT2D eigenvalue weighted by Crippen LogP contribution is 2.13. The molecule has 0 saturated heterocycles. The molecule has 0 fully saturated rings. The molecule has 0 aliphatic carbocycles. The van der Waals surface area contributed by atoms with Gasteiger partial charge in [0.15, 0.2) is 0 Å². The van der Waals surface area contributed by atoms with Crippen LogP contribution in [0.1, 0.15) is 10.4 Å². The van der Waals surface area contributed by atoms with Gasteiger partial charge in [-0.1, -0.05) is 12.1 Å². The molecule has 0 aliphatic rings. The Bertz CT molecular complexity index is 301. The Hall–Kier alpha value is -1.58. The summed E-state index contributed by atoms with van der Waals surface area (Å²) in [6.07, 6.45) is 0. The first-order chi connectivity index (χ1) is 6.25. The van der Waals surface area contributed by atoms with Gasteiger partial charge in [0.25, 0.3) is 5.91 Å². The SMILES string of the molecule is NC(=O)c1ccccc1NCCF. The summed E-state index contributed by atoms with van der Waals surface area (Å²) < 4.78 is 11.8. The number of anilines is 1. The van der Waals surface area contributed by atoms with Crippen LogP contribution >= 0.6 is 0 Å². The third-order valence-corrected chi connectivity index (χ3v) is 1.60. The average molecular weight is 182 g/mol. The van der Waals surface area contributed by atoms with Gasteiger partial charge in [0, 0.05) is 12.2 Å². The second-order valence-corrected chi connectivity index (χ2v) is 2.53. The van der Waals surface area contributed by atoms with Crippen molar-refractivity contribution in [2.45, 2.75) is 0 Å². The lowest BCUT2D eigenvalue weighted by Gasteiger charge is -2.07. The zero-order valence-electron chi connectivity index (χ0n) is 7.09. The van der Waals surface area contributed by atoms with Gasteiger partial charge in [0.1, 0.15) is 6.67 Å². The predicted octanol–water partition coefficient (Wildman–Crippen LogP) is 1.17. The minimum absolute atomic E-state index is 0.185. The van der Waals surface area contributed by atoms with E-state index in [0.29, 0.717) is 11.3 Å². The Labute approximate surface area is 75.7 Å². The number of hydrogen-bond acceptors (Lipinski definition) is 2. The zero-order chi connectivity index (χ0) is 9.68. The number of alkyl halides is 1. The van der Waals surface area contributed by atoms with E-state index < -0.39 is 12.6 Å². The largest absolute Gasteiger partial charge is 0.382 e. The number of amides is 1. The number of benzene rings is 1. The summed E-state index contributed by atoms with van der Waals surface area (Å²) in [5, 5.41) is 2.77. The molecule has 3 nitrogen and oxygen atoms in total. The summed E-state index contributed by atoms with van der Waals surface area (Å²) in [5.41, 5.74) is 6.08. The van der Waals surface area contributed by atoms with Gasteiger partial charge in [0.05, 0.1) is 5.56 Å². The number of nitrogens with one attached hydrogen (secondary N) is 1. The number of rotatable bonds is 4. The third kappa shape index (κ3) is 2.43. The Morgan fingerprint density at radius 3 is 2.77 bits per heavy atom. The summed E-state index contributed by atoms with van der Waals surface area (Å²) in [6.45, 7) is -0.294. The van der Waals surface area contributed by atoms with Gasteiger partial charge < -0.3 is 11.1 Å². The summed E-state index contributed by atoms with van der Waals surface area (Å²) in [7, 11) is 0. The Kier molecular flexibility index (Phi) is 3.25. The fraction of sp³-hybridized carbons (Fsp3) is 0.222. The molecule has 0 aromatic heterocycles. The van der Waals surface area contributed by atoms with Gasteiger partial charge in [-0.3, -0.25) is 4.79 Å². The van der Waals surface area contributed by atoms with E-state index in [1.165, 1.54) is 0 Å². The van der Waals surface area contributed by atoms with E-state index in [9.17, 15) is 9.18 Å². The first-order valence-electron chi connectivity index (χ1n) is 3.94. The number of nitrogens with two attached hydrogens (primary N) is 1. The van der Waals surface area contributed by atoms with Crippen LogP contribution < -0.4 is 11.1 Å². The molecule has 0 heterocycles. The molecule has 3 N–H and O–H groups in total. The molecule has 0 spiro atoms. The lowest BCUT2D eigenvalue weighted by atomic mass is 10.1. The molecule has 0 unspecified atom stereocenters. The third-order valence-electron chi connectivity index (χ3n) is 1.60. The van der Waals surface area contributed by atoms with Crippen LogP contribution in [0.2, 0.25) is 0 Å². The predicted molar refractivity (Wildman–Crippen MR) is 49.4 cm³/mol. The lowest BCUT2D eigenvalue weighted by Crippen LogP contribution is -2.15. The van der Waals surface area contributed by atoms with Crippen molar-refractivity contribution in [2.75, 3.05) is 18.5 Å².